The van der Waals surface area contributed by atoms with Gasteiger partial charge in [-0.1, -0.05) is 90.4 Å². The van der Waals surface area contributed by atoms with Gasteiger partial charge in [-0.2, -0.15) is 0 Å². The summed E-state index contributed by atoms with van der Waals surface area (Å²) < 4.78 is 21.7. The quantitative estimate of drug-likeness (QED) is 0.161. The second kappa shape index (κ2) is 21.9. The molecular formula is C26H52O8. The molecule has 1 aliphatic heterocycles. The summed E-state index contributed by atoms with van der Waals surface area (Å²) in [5.41, 5.74) is 0. The van der Waals surface area contributed by atoms with Gasteiger partial charge < -0.3 is 39.4 Å². The molecule has 8 heteroatoms. The van der Waals surface area contributed by atoms with Crippen molar-refractivity contribution in [1.29, 1.82) is 0 Å². The Balaban J connectivity index is 1.79. The first-order valence-electron chi connectivity index (χ1n) is 13.7. The van der Waals surface area contributed by atoms with E-state index in [0.717, 1.165) is 13.0 Å². The molecule has 4 N–H and O–H groups in total. The van der Waals surface area contributed by atoms with E-state index in [9.17, 15) is 15.3 Å². The fourth-order valence-corrected chi connectivity index (χ4v) is 4.15. The smallest absolute Gasteiger partial charge is 0.186 e. The van der Waals surface area contributed by atoms with Crippen LogP contribution in [0.1, 0.15) is 96.8 Å². The average Bonchev–Trinajstić information content (AvgIpc) is 2.84. The van der Waals surface area contributed by atoms with E-state index in [-0.39, 0.29) is 13.2 Å². The summed E-state index contributed by atoms with van der Waals surface area (Å²) in [6.45, 7) is 3.97. The Morgan fingerprint density at radius 1 is 0.559 bits per heavy atom. The van der Waals surface area contributed by atoms with Gasteiger partial charge in [0.25, 0.3) is 0 Å². The fourth-order valence-electron chi connectivity index (χ4n) is 4.15. The van der Waals surface area contributed by atoms with Crippen LogP contribution in [0.3, 0.4) is 0 Å². The third-order valence-corrected chi connectivity index (χ3v) is 6.37. The Morgan fingerprint density at radius 3 is 1.56 bits per heavy atom. The highest BCUT2D eigenvalue weighted by molar-refractivity contribution is 4.88. The fraction of sp³-hybridized carbons (Fsp3) is 1.00. The van der Waals surface area contributed by atoms with Gasteiger partial charge in [-0.25, -0.2) is 0 Å². The van der Waals surface area contributed by atoms with Crippen LogP contribution in [0.4, 0.5) is 0 Å². The molecular weight excluding hydrogens is 440 g/mol. The predicted molar refractivity (Wildman–Crippen MR) is 132 cm³/mol. The average molecular weight is 493 g/mol. The van der Waals surface area contributed by atoms with Crippen LogP contribution < -0.4 is 0 Å². The molecule has 0 aromatic heterocycles. The van der Waals surface area contributed by atoms with Crippen molar-refractivity contribution in [3.8, 4) is 0 Å². The highest BCUT2D eigenvalue weighted by Gasteiger charge is 2.43. The van der Waals surface area contributed by atoms with Gasteiger partial charge in [0.05, 0.1) is 33.0 Å². The van der Waals surface area contributed by atoms with Crippen LogP contribution in [0.25, 0.3) is 0 Å². The van der Waals surface area contributed by atoms with Gasteiger partial charge in [0.1, 0.15) is 24.4 Å². The molecule has 0 unspecified atom stereocenters. The van der Waals surface area contributed by atoms with Gasteiger partial charge >= 0.3 is 0 Å². The number of aliphatic hydroxyl groups excluding tert-OH is 4. The first-order valence-corrected chi connectivity index (χ1v) is 13.7. The monoisotopic (exact) mass is 492 g/mol. The largest absolute Gasteiger partial charge is 0.394 e. The van der Waals surface area contributed by atoms with E-state index in [0.29, 0.717) is 13.2 Å². The van der Waals surface area contributed by atoms with Gasteiger partial charge in [0.2, 0.25) is 0 Å². The van der Waals surface area contributed by atoms with Crippen molar-refractivity contribution in [1.82, 2.24) is 0 Å². The predicted octanol–water partition coefficient (Wildman–Crippen LogP) is 3.32. The molecule has 0 saturated carbocycles. The topological polar surface area (TPSA) is 118 Å². The zero-order chi connectivity index (χ0) is 24.9. The van der Waals surface area contributed by atoms with Crippen LogP contribution in [-0.2, 0) is 18.9 Å². The minimum absolute atomic E-state index is 0.154. The summed E-state index contributed by atoms with van der Waals surface area (Å²) in [5, 5.41) is 38.5. The number of ether oxygens (including phenoxy) is 4. The van der Waals surface area contributed by atoms with E-state index in [1.165, 1.54) is 83.5 Å². The minimum atomic E-state index is -1.43. The van der Waals surface area contributed by atoms with Crippen LogP contribution >= 0.6 is 0 Å². The lowest BCUT2D eigenvalue weighted by atomic mass is 9.99. The van der Waals surface area contributed by atoms with Crippen molar-refractivity contribution in [3.63, 3.8) is 0 Å². The molecule has 0 aromatic rings. The van der Waals surface area contributed by atoms with E-state index < -0.39 is 37.3 Å². The van der Waals surface area contributed by atoms with Crippen LogP contribution in [0.5, 0.6) is 0 Å². The summed E-state index contributed by atoms with van der Waals surface area (Å²) in [6, 6.07) is 0. The van der Waals surface area contributed by atoms with Crippen LogP contribution in [0, 0.1) is 0 Å². The molecule has 8 nitrogen and oxygen atoms in total. The van der Waals surface area contributed by atoms with Crippen molar-refractivity contribution >= 4 is 0 Å². The molecule has 204 valence electrons. The molecule has 1 aliphatic rings. The molecule has 0 amide bonds. The molecule has 0 aliphatic carbocycles. The van der Waals surface area contributed by atoms with Crippen LogP contribution in [-0.4, -0.2) is 90.8 Å². The number of hydrogen-bond acceptors (Lipinski definition) is 8. The summed E-state index contributed by atoms with van der Waals surface area (Å²) in [6.07, 6.45) is 12.5. The zero-order valence-corrected chi connectivity index (χ0v) is 21.5. The molecule has 1 rings (SSSR count). The lowest BCUT2D eigenvalue weighted by Gasteiger charge is -2.39. The number of unbranched alkanes of at least 4 members (excludes halogenated alkanes) is 13. The number of hydrogen-bond donors (Lipinski definition) is 4. The molecule has 1 saturated heterocycles. The van der Waals surface area contributed by atoms with E-state index in [4.69, 9.17) is 24.1 Å². The van der Waals surface area contributed by atoms with Gasteiger partial charge in [0.15, 0.2) is 6.29 Å². The van der Waals surface area contributed by atoms with Crippen LogP contribution in [0.2, 0.25) is 0 Å². The molecule has 0 aromatic carbocycles. The van der Waals surface area contributed by atoms with Gasteiger partial charge in [0, 0.05) is 6.61 Å². The molecule has 5 atom stereocenters. The Kier molecular flexibility index (Phi) is 20.4. The van der Waals surface area contributed by atoms with Gasteiger partial charge in [-0.15, -0.1) is 0 Å². The Bertz CT molecular complexity index is 437. The zero-order valence-electron chi connectivity index (χ0n) is 21.5. The standard InChI is InChI=1S/C26H52O8/c1-2-3-4-5-6-7-8-9-10-11-12-13-14-15-16-31-17-18-32-19-20-33-26-25(30)24(29)23(28)22(21-27)34-26/h22-30H,2-21H2,1H3/t22-,23-,24+,25-,26-/m1/s1. The van der Waals surface area contributed by atoms with Crippen LogP contribution in [0.15, 0.2) is 0 Å². The normalized spacial score (nSPS) is 25.1. The summed E-state index contributed by atoms with van der Waals surface area (Å²) >= 11 is 0. The highest BCUT2D eigenvalue weighted by Crippen LogP contribution is 2.21. The first-order chi connectivity index (χ1) is 16.6. The van der Waals surface area contributed by atoms with Crippen molar-refractivity contribution in [2.45, 2.75) is 128 Å². The summed E-state index contributed by atoms with van der Waals surface area (Å²) in [7, 11) is 0. The number of aliphatic hydroxyl groups is 4. The number of rotatable bonds is 23. The third-order valence-electron chi connectivity index (χ3n) is 6.37. The van der Waals surface area contributed by atoms with Crippen molar-refractivity contribution in [3.05, 3.63) is 0 Å². The molecule has 0 bridgehead atoms. The molecule has 0 spiro atoms. The third kappa shape index (κ3) is 14.9. The molecule has 1 heterocycles. The van der Waals surface area contributed by atoms with Crippen molar-refractivity contribution < 1.29 is 39.4 Å². The second-order valence-electron chi connectivity index (χ2n) is 9.39. The maximum Gasteiger partial charge on any atom is 0.186 e. The Hall–Kier alpha value is -0.320. The lowest BCUT2D eigenvalue weighted by molar-refractivity contribution is -0.302. The summed E-state index contributed by atoms with van der Waals surface area (Å²) in [4.78, 5) is 0. The SMILES string of the molecule is CCCCCCCCCCCCCCCCOCCOCCO[C@@H]1O[C@H](CO)[C@@H](O)[C@H](O)[C@H]1O. The minimum Gasteiger partial charge on any atom is -0.394 e. The lowest BCUT2D eigenvalue weighted by Crippen LogP contribution is -2.59. The second-order valence-corrected chi connectivity index (χ2v) is 9.39. The molecule has 0 radical (unpaired) electrons. The van der Waals surface area contributed by atoms with E-state index in [1.807, 2.05) is 0 Å². The maximum absolute atomic E-state index is 9.88. The Morgan fingerprint density at radius 2 is 1.03 bits per heavy atom. The maximum atomic E-state index is 9.88. The van der Waals surface area contributed by atoms with E-state index >= 15 is 0 Å². The first kappa shape index (κ1) is 31.7. The van der Waals surface area contributed by atoms with Gasteiger partial charge in [-0.05, 0) is 6.42 Å². The van der Waals surface area contributed by atoms with Gasteiger partial charge in [-0.3, -0.25) is 0 Å². The van der Waals surface area contributed by atoms with E-state index in [1.54, 1.807) is 0 Å². The Labute approximate surface area is 206 Å². The van der Waals surface area contributed by atoms with Crippen molar-refractivity contribution in [2.75, 3.05) is 39.6 Å². The highest BCUT2D eigenvalue weighted by atomic mass is 16.7. The molecule has 1 fully saturated rings. The molecule has 34 heavy (non-hydrogen) atoms. The van der Waals surface area contributed by atoms with E-state index in [2.05, 4.69) is 6.92 Å². The van der Waals surface area contributed by atoms with Crippen molar-refractivity contribution in [2.24, 2.45) is 0 Å². The summed E-state index contributed by atoms with van der Waals surface area (Å²) in [5.74, 6) is 0.